The van der Waals surface area contributed by atoms with Gasteiger partial charge in [-0.15, -0.1) is 0 Å². The fourth-order valence-corrected chi connectivity index (χ4v) is 5.99. The Balaban J connectivity index is 1.31. The highest BCUT2D eigenvalue weighted by Gasteiger charge is 2.34. The molecule has 2 saturated heterocycles. The highest BCUT2D eigenvalue weighted by atomic mass is 32.1. The lowest BCUT2D eigenvalue weighted by Crippen LogP contribution is -2.44. The number of morpholine rings is 1. The highest BCUT2D eigenvalue weighted by molar-refractivity contribution is 7.80. The summed E-state index contributed by atoms with van der Waals surface area (Å²) in [4.78, 5) is 14.3. The average Bonchev–Trinajstić information content (AvgIpc) is 2.93. The number of hydrogen-bond acceptors (Lipinski definition) is 6. The van der Waals surface area contributed by atoms with Crippen LogP contribution in [-0.4, -0.2) is 61.0 Å². The molecular formula is C28H39FN6OS. The van der Waals surface area contributed by atoms with Gasteiger partial charge in [-0.25, -0.2) is 4.39 Å². The van der Waals surface area contributed by atoms with Crippen LogP contribution >= 0.6 is 12.2 Å². The second kappa shape index (κ2) is 11.9. The van der Waals surface area contributed by atoms with Crippen LogP contribution in [0.5, 0.6) is 0 Å². The first kappa shape index (κ1) is 26.1. The molecule has 2 aliphatic heterocycles. The van der Waals surface area contributed by atoms with Gasteiger partial charge in [0.1, 0.15) is 17.5 Å². The minimum absolute atomic E-state index is 0.0517. The van der Waals surface area contributed by atoms with Gasteiger partial charge in [0.15, 0.2) is 5.11 Å². The van der Waals surface area contributed by atoms with Crippen molar-refractivity contribution in [3.8, 4) is 0 Å². The van der Waals surface area contributed by atoms with E-state index in [0.717, 1.165) is 56.6 Å². The second-order valence-electron chi connectivity index (χ2n) is 10.8. The van der Waals surface area contributed by atoms with Crippen LogP contribution in [0, 0.1) is 11.7 Å². The fourth-order valence-electron chi connectivity index (χ4n) is 5.83. The minimum atomic E-state index is -0.198. The van der Waals surface area contributed by atoms with Gasteiger partial charge in [-0.05, 0) is 61.5 Å². The molecule has 0 spiro atoms. The molecule has 3 fully saturated rings. The Bertz CT molecular complexity index is 1050. The second-order valence-corrected chi connectivity index (χ2v) is 11.2. The number of halogens is 1. The number of aromatic nitrogens is 2. The highest BCUT2D eigenvalue weighted by Crippen LogP contribution is 2.39. The summed E-state index contributed by atoms with van der Waals surface area (Å²) in [5, 5.41) is 7.26. The molecule has 200 valence electrons. The third-order valence-electron chi connectivity index (χ3n) is 8.22. The molecule has 9 heteroatoms. The number of benzene rings is 1. The quantitative estimate of drug-likeness (QED) is 0.517. The Morgan fingerprint density at radius 2 is 1.62 bits per heavy atom. The minimum Gasteiger partial charge on any atom is -0.378 e. The smallest absolute Gasteiger partial charge is 0.232 e. The molecule has 1 aromatic carbocycles. The molecule has 0 amide bonds. The van der Waals surface area contributed by atoms with Crippen molar-refractivity contribution in [1.29, 1.82) is 0 Å². The van der Waals surface area contributed by atoms with Crippen LogP contribution in [0.15, 0.2) is 30.3 Å². The van der Waals surface area contributed by atoms with E-state index in [1.807, 2.05) is 12.1 Å². The normalized spacial score (nSPS) is 20.5. The van der Waals surface area contributed by atoms with Crippen molar-refractivity contribution >= 4 is 34.9 Å². The predicted octanol–water partition coefficient (Wildman–Crippen LogP) is 4.88. The standard InChI is InChI=1S/C28H39FN6OS/c1-21-9-13-34(14-10-21)24-19-25(35-15-17-36-18-16-35)32-26(31-24)33-27(37)30-20-28(11-3-2-4-12-28)22-5-7-23(29)8-6-22/h5-8,19,21H,2-4,9-18,20H2,1H3,(H2,30,31,32,33,37). The molecule has 3 aliphatic rings. The maximum absolute atomic E-state index is 13.6. The molecular weight excluding hydrogens is 487 g/mol. The predicted molar refractivity (Wildman–Crippen MR) is 151 cm³/mol. The summed E-state index contributed by atoms with van der Waals surface area (Å²) in [7, 11) is 0. The Morgan fingerprint density at radius 3 is 2.27 bits per heavy atom. The summed E-state index contributed by atoms with van der Waals surface area (Å²) in [6, 6.07) is 9.10. The van der Waals surface area contributed by atoms with E-state index in [2.05, 4.69) is 33.4 Å². The lowest BCUT2D eigenvalue weighted by atomic mass is 9.69. The zero-order valence-electron chi connectivity index (χ0n) is 21.8. The maximum atomic E-state index is 13.6. The van der Waals surface area contributed by atoms with Crippen molar-refractivity contribution in [2.24, 2.45) is 5.92 Å². The Morgan fingerprint density at radius 1 is 1.00 bits per heavy atom. The van der Waals surface area contributed by atoms with Gasteiger partial charge in [0.25, 0.3) is 0 Å². The maximum Gasteiger partial charge on any atom is 0.232 e. The SMILES string of the molecule is CC1CCN(c2cc(N3CCOCC3)nc(NC(=S)NCC3(c4ccc(F)cc4)CCCCC3)n2)CC1. The van der Waals surface area contributed by atoms with E-state index >= 15 is 0 Å². The van der Waals surface area contributed by atoms with Gasteiger partial charge in [0, 0.05) is 44.2 Å². The van der Waals surface area contributed by atoms with Gasteiger partial charge in [-0.3, -0.25) is 0 Å². The molecule has 0 radical (unpaired) electrons. The zero-order valence-corrected chi connectivity index (χ0v) is 22.7. The van der Waals surface area contributed by atoms with Crippen molar-refractivity contribution in [2.75, 3.05) is 61.1 Å². The topological polar surface area (TPSA) is 65.6 Å². The van der Waals surface area contributed by atoms with Crippen molar-refractivity contribution in [3.63, 3.8) is 0 Å². The van der Waals surface area contributed by atoms with Gasteiger partial charge in [0.2, 0.25) is 5.95 Å². The molecule has 37 heavy (non-hydrogen) atoms. The van der Waals surface area contributed by atoms with E-state index in [4.69, 9.17) is 26.9 Å². The number of hydrogen-bond donors (Lipinski definition) is 2. The van der Waals surface area contributed by atoms with Gasteiger partial charge >= 0.3 is 0 Å². The number of thiocarbonyl (C=S) groups is 1. The molecule has 1 aromatic heterocycles. The third-order valence-corrected chi connectivity index (χ3v) is 8.47. The van der Waals surface area contributed by atoms with Crippen LogP contribution in [0.3, 0.4) is 0 Å². The van der Waals surface area contributed by atoms with Crippen LogP contribution in [0.25, 0.3) is 0 Å². The van der Waals surface area contributed by atoms with Crippen LogP contribution in [0.1, 0.15) is 57.4 Å². The number of nitrogens with zero attached hydrogens (tertiary/aromatic N) is 4. The van der Waals surface area contributed by atoms with E-state index in [1.165, 1.54) is 37.7 Å². The van der Waals surface area contributed by atoms with E-state index in [1.54, 1.807) is 12.1 Å². The first-order valence-electron chi connectivity index (χ1n) is 13.8. The first-order chi connectivity index (χ1) is 18.0. The monoisotopic (exact) mass is 526 g/mol. The Labute approximate surface area is 225 Å². The molecule has 1 saturated carbocycles. The van der Waals surface area contributed by atoms with Crippen LogP contribution in [0.4, 0.5) is 22.0 Å². The summed E-state index contributed by atoms with van der Waals surface area (Å²) in [6.07, 6.45) is 8.05. The van der Waals surface area contributed by atoms with Gasteiger partial charge in [-0.1, -0.05) is 38.3 Å². The lowest BCUT2D eigenvalue weighted by Gasteiger charge is -2.38. The van der Waals surface area contributed by atoms with Crippen molar-refractivity contribution in [1.82, 2.24) is 15.3 Å². The lowest BCUT2D eigenvalue weighted by molar-refractivity contribution is 0.122. The fraction of sp³-hybridized carbons (Fsp3) is 0.607. The number of ether oxygens (including phenoxy) is 1. The molecule has 3 heterocycles. The molecule has 7 nitrogen and oxygen atoms in total. The number of piperidine rings is 1. The molecule has 0 atom stereocenters. The van der Waals surface area contributed by atoms with E-state index in [-0.39, 0.29) is 11.2 Å². The van der Waals surface area contributed by atoms with Crippen LogP contribution in [0.2, 0.25) is 0 Å². The summed E-state index contributed by atoms with van der Waals surface area (Å²) < 4.78 is 19.2. The number of rotatable bonds is 6. The molecule has 2 aromatic rings. The van der Waals surface area contributed by atoms with Crippen molar-refractivity contribution in [2.45, 2.75) is 57.3 Å². The number of nitrogens with one attached hydrogen (secondary N) is 2. The third kappa shape index (κ3) is 6.49. The summed E-state index contributed by atoms with van der Waals surface area (Å²) in [6.45, 7) is 8.06. The number of anilines is 3. The Kier molecular flexibility index (Phi) is 8.39. The Hall–Kier alpha value is -2.52. The van der Waals surface area contributed by atoms with E-state index in [9.17, 15) is 4.39 Å². The first-order valence-corrected chi connectivity index (χ1v) is 14.2. The van der Waals surface area contributed by atoms with Crippen molar-refractivity contribution in [3.05, 3.63) is 41.7 Å². The average molecular weight is 527 g/mol. The van der Waals surface area contributed by atoms with E-state index < -0.39 is 0 Å². The van der Waals surface area contributed by atoms with Gasteiger partial charge in [-0.2, -0.15) is 9.97 Å². The van der Waals surface area contributed by atoms with Gasteiger partial charge < -0.3 is 25.2 Å². The van der Waals surface area contributed by atoms with Gasteiger partial charge in [0.05, 0.1) is 13.2 Å². The summed E-state index contributed by atoms with van der Waals surface area (Å²) >= 11 is 5.73. The largest absolute Gasteiger partial charge is 0.378 e. The summed E-state index contributed by atoms with van der Waals surface area (Å²) in [5.74, 6) is 2.93. The van der Waals surface area contributed by atoms with E-state index in [0.29, 0.717) is 30.8 Å². The zero-order chi connectivity index (χ0) is 25.7. The van der Waals surface area contributed by atoms with Crippen LogP contribution < -0.4 is 20.4 Å². The van der Waals surface area contributed by atoms with Crippen LogP contribution in [-0.2, 0) is 10.2 Å². The molecule has 5 rings (SSSR count). The van der Waals surface area contributed by atoms with Crippen molar-refractivity contribution < 1.29 is 9.13 Å². The summed E-state index contributed by atoms with van der Waals surface area (Å²) in [5.41, 5.74) is 1.13. The molecule has 0 bridgehead atoms. The molecule has 1 aliphatic carbocycles. The molecule has 2 N–H and O–H groups in total. The molecule has 0 unspecified atom stereocenters.